The van der Waals surface area contributed by atoms with Gasteiger partial charge in [-0.1, -0.05) is 36.4 Å². The van der Waals surface area contributed by atoms with Crippen molar-refractivity contribution in [1.29, 1.82) is 0 Å². The molecule has 0 atom stereocenters. The predicted molar refractivity (Wildman–Crippen MR) is 66.3 cm³/mol. The zero-order valence-electron chi connectivity index (χ0n) is 9.41. The topological polar surface area (TPSA) is 57.6 Å². The molecule has 0 aliphatic carbocycles. The van der Waals surface area contributed by atoms with E-state index in [0.29, 0.717) is 10.8 Å². The molecule has 0 aliphatic heterocycles. The minimum absolute atomic E-state index is 0.110. The third-order valence-corrected chi connectivity index (χ3v) is 2.46. The van der Waals surface area contributed by atoms with E-state index < -0.39 is 5.91 Å². The van der Waals surface area contributed by atoms with Gasteiger partial charge in [0, 0.05) is 5.56 Å². The zero-order chi connectivity index (χ0) is 13.0. The number of carbonyl (C=O) groups is 1. The van der Waals surface area contributed by atoms with Crippen LogP contribution in [0.5, 0.6) is 0 Å². The van der Waals surface area contributed by atoms with E-state index >= 15 is 0 Å². The molecule has 2 aromatic carbocycles. The molecular weight excluding hydrogens is 230 g/mol. The van der Waals surface area contributed by atoms with Crippen molar-refractivity contribution in [2.24, 2.45) is 0 Å². The lowest BCUT2D eigenvalue weighted by Gasteiger charge is -2.15. The normalized spacial score (nSPS) is 9.83. The molecule has 0 aliphatic rings. The van der Waals surface area contributed by atoms with Crippen LogP contribution in [0.15, 0.2) is 54.6 Å². The van der Waals surface area contributed by atoms with Gasteiger partial charge in [0.15, 0.2) is 0 Å². The van der Waals surface area contributed by atoms with Gasteiger partial charge in [0.05, 0.1) is 11.3 Å². The lowest BCUT2D eigenvalue weighted by atomic mass is 10.1. The number of hydrogen-bond donors (Lipinski definition) is 1. The molecule has 1 N–H and O–H groups in total. The smallest absolute Gasteiger partial charge is 0.282 e. The largest absolute Gasteiger partial charge is 0.285 e. The van der Waals surface area contributed by atoms with E-state index in [1.165, 1.54) is 12.1 Å². The highest BCUT2D eigenvalue weighted by molar-refractivity contribution is 6.08. The van der Waals surface area contributed by atoms with Gasteiger partial charge in [0.2, 0.25) is 6.29 Å². The highest BCUT2D eigenvalue weighted by atomic mass is 16.5. The van der Waals surface area contributed by atoms with Gasteiger partial charge in [-0.3, -0.25) is 14.8 Å². The number of hydroxylamine groups is 1. The van der Waals surface area contributed by atoms with Crippen LogP contribution >= 0.6 is 0 Å². The van der Waals surface area contributed by atoms with Crippen LogP contribution in [0.25, 0.3) is 0 Å². The number of para-hydroxylation sites is 1. The van der Waals surface area contributed by atoms with Crippen molar-refractivity contribution in [3.63, 3.8) is 0 Å². The summed E-state index contributed by atoms with van der Waals surface area (Å²) in [6.07, 6.45) is 1.67. The van der Waals surface area contributed by atoms with Gasteiger partial charge in [-0.15, -0.1) is 0 Å². The molecule has 1 radical (unpaired) electrons. The summed E-state index contributed by atoms with van der Waals surface area (Å²) in [5, 5.41) is 10.3. The maximum absolute atomic E-state index is 12.0. The fourth-order valence-electron chi connectivity index (χ4n) is 1.56. The standard InChI is InChI=1S/C14H10NO3/c16-10-11-6-4-5-9-13(11)14(17)15(18)12-7-2-1-3-8-12/h1-9,18H. The molecule has 2 rings (SSSR count). The van der Waals surface area contributed by atoms with E-state index in [0.717, 1.165) is 0 Å². The second-order valence-electron chi connectivity index (χ2n) is 3.60. The molecule has 0 saturated heterocycles. The number of carbonyl (C=O) groups excluding carboxylic acids is 2. The lowest BCUT2D eigenvalue weighted by molar-refractivity contribution is 0.0854. The van der Waals surface area contributed by atoms with Crippen molar-refractivity contribution < 1.29 is 14.8 Å². The number of rotatable bonds is 3. The Morgan fingerprint density at radius 2 is 1.61 bits per heavy atom. The Balaban J connectivity index is 2.34. The Bertz CT molecular complexity index is 566. The van der Waals surface area contributed by atoms with E-state index in [1.807, 2.05) is 0 Å². The third kappa shape index (κ3) is 2.28. The molecule has 2 aromatic rings. The first kappa shape index (κ1) is 12.0. The molecule has 0 heterocycles. The summed E-state index contributed by atoms with van der Waals surface area (Å²) < 4.78 is 0. The molecule has 0 saturated carbocycles. The van der Waals surface area contributed by atoms with Crippen LogP contribution in [0, 0.1) is 0 Å². The molecule has 18 heavy (non-hydrogen) atoms. The van der Waals surface area contributed by atoms with Crippen molar-refractivity contribution >= 4 is 17.9 Å². The molecule has 0 spiro atoms. The summed E-state index contributed by atoms with van der Waals surface area (Å²) in [6.45, 7) is 0. The minimum Gasteiger partial charge on any atom is -0.285 e. The Morgan fingerprint density at radius 1 is 1.00 bits per heavy atom. The van der Waals surface area contributed by atoms with E-state index in [1.54, 1.807) is 48.8 Å². The van der Waals surface area contributed by atoms with E-state index in [-0.39, 0.29) is 11.1 Å². The van der Waals surface area contributed by atoms with Crippen LogP contribution in [0.2, 0.25) is 0 Å². The van der Waals surface area contributed by atoms with E-state index in [4.69, 9.17) is 0 Å². The zero-order valence-corrected chi connectivity index (χ0v) is 9.41. The van der Waals surface area contributed by atoms with Gasteiger partial charge in [-0.2, -0.15) is 5.06 Å². The molecule has 4 heteroatoms. The highest BCUT2D eigenvalue weighted by Crippen LogP contribution is 2.16. The summed E-state index contributed by atoms with van der Waals surface area (Å²) in [5.74, 6) is -0.667. The van der Waals surface area contributed by atoms with Crippen LogP contribution in [0.3, 0.4) is 0 Å². The molecular formula is C14H10NO3. The summed E-state index contributed by atoms with van der Waals surface area (Å²) in [5.41, 5.74) is 0.569. The monoisotopic (exact) mass is 240 g/mol. The van der Waals surface area contributed by atoms with Gasteiger partial charge in [0.1, 0.15) is 0 Å². The second-order valence-corrected chi connectivity index (χ2v) is 3.60. The van der Waals surface area contributed by atoms with Crippen LogP contribution in [0.4, 0.5) is 5.69 Å². The third-order valence-electron chi connectivity index (χ3n) is 2.46. The summed E-state index contributed by atoms with van der Waals surface area (Å²) in [4.78, 5) is 22.7. The Labute approximate surface area is 104 Å². The van der Waals surface area contributed by atoms with E-state index in [9.17, 15) is 14.8 Å². The van der Waals surface area contributed by atoms with Crippen LogP contribution < -0.4 is 5.06 Å². The first-order valence-corrected chi connectivity index (χ1v) is 5.29. The van der Waals surface area contributed by atoms with E-state index in [2.05, 4.69) is 0 Å². The average molecular weight is 240 g/mol. The van der Waals surface area contributed by atoms with Gasteiger partial charge < -0.3 is 0 Å². The molecule has 4 nitrogen and oxygen atoms in total. The fourth-order valence-corrected chi connectivity index (χ4v) is 1.56. The van der Waals surface area contributed by atoms with Crippen molar-refractivity contribution in [3.05, 3.63) is 65.7 Å². The second kappa shape index (κ2) is 5.25. The van der Waals surface area contributed by atoms with Gasteiger partial charge in [-0.05, 0) is 18.2 Å². The first-order valence-electron chi connectivity index (χ1n) is 5.29. The number of benzene rings is 2. The van der Waals surface area contributed by atoms with Gasteiger partial charge >= 0.3 is 0 Å². The molecule has 89 valence electrons. The SMILES string of the molecule is O=[C]c1ccccc1C(=O)N(O)c1ccccc1. The van der Waals surface area contributed by atoms with Crippen molar-refractivity contribution in [2.45, 2.75) is 0 Å². The number of hydrogen-bond acceptors (Lipinski definition) is 3. The quantitative estimate of drug-likeness (QED) is 0.660. The molecule has 0 fully saturated rings. The molecule has 0 bridgehead atoms. The van der Waals surface area contributed by atoms with Crippen molar-refractivity contribution in [2.75, 3.05) is 5.06 Å². The van der Waals surface area contributed by atoms with Crippen molar-refractivity contribution in [1.82, 2.24) is 0 Å². The minimum atomic E-state index is -0.667. The van der Waals surface area contributed by atoms with Crippen molar-refractivity contribution in [3.8, 4) is 0 Å². The Hall–Kier alpha value is -2.46. The predicted octanol–water partition coefficient (Wildman–Crippen LogP) is 2.18. The maximum atomic E-state index is 12.0. The van der Waals surface area contributed by atoms with Gasteiger partial charge in [-0.25, -0.2) is 0 Å². The lowest BCUT2D eigenvalue weighted by Crippen LogP contribution is -2.27. The number of nitrogens with zero attached hydrogens (tertiary/aromatic N) is 1. The Morgan fingerprint density at radius 3 is 2.28 bits per heavy atom. The average Bonchev–Trinajstić information content (AvgIpc) is 2.46. The Kier molecular flexibility index (Phi) is 3.50. The summed E-state index contributed by atoms with van der Waals surface area (Å²) in [7, 11) is 0. The molecule has 1 amide bonds. The van der Waals surface area contributed by atoms with Gasteiger partial charge in [0.25, 0.3) is 5.91 Å². The summed E-state index contributed by atoms with van der Waals surface area (Å²) in [6, 6.07) is 14.5. The maximum Gasteiger partial charge on any atom is 0.282 e. The van der Waals surface area contributed by atoms with Crippen LogP contribution in [0.1, 0.15) is 15.9 Å². The highest BCUT2D eigenvalue weighted by Gasteiger charge is 2.18. The number of amides is 1. The molecule has 0 unspecified atom stereocenters. The summed E-state index contributed by atoms with van der Waals surface area (Å²) >= 11 is 0. The van der Waals surface area contributed by atoms with Crippen LogP contribution in [-0.4, -0.2) is 17.4 Å². The number of anilines is 1. The first-order chi connectivity index (χ1) is 8.74. The fraction of sp³-hybridized carbons (Fsp3) is 0. The van der Waals surface area contributed by atoms with Crippen LogP contribution in [-0.2, 0) is 4.79 Å². The molecule has 0 aromatic heterocycles.